The minimum atomic E-state index is -1.12. The van der Waals surface area contributed by atoms with Gasteiger partial charge in [-0.25, -0.2) is 0 Å². The Morgan fingerprint density at radius 2 is 2.00 bits per heavy atom. The summed E-state index contributed by atoms with van der Waals surface area (Å²) in [5, 5.41) is 18.2. The number of hydrogen-bond donors (Lipinski definition) is 3. The summed E-state index contributed by atoms with van der Waals surface area (Å²) < 4.78 is 0. The Morgan fingerprint density at radius 3 is 2.53 bits per heavy atom. The molecule has 0 aliphatic heterocycles. The van der Waals surface area contributed by atoms with Crippen LogP contribution in [0.15, 0.2) is 12.1 Å². The molecular formula is C9H9Cl2NO3. The highest BCUT2D eigenvalue weighted by atomic mass is 35.5. The Bertz CT molecular complexity index is 395. The summed E-state index contributed by atoms with van der Waals surface area (Å²) in [5.41, 5.74) is 5.84. The monoisotopic (exact) mass is 249 g/mol. The average molecular weight is 250 g/mol. The molecule has 1 rings (SSSR count). The van der Waals surface area contributed by atoms with Gasteiger partial charge in [-0.05, 0) is 18.1 Å². The zero-order valence-corrected chi connectivity index (χ0v) is 9.09. The average Bonchev–Trinajstić information content (AvgIpc) is 2.13. The maximum atomic E-state index is 10.5. The van der Waals surface area contributed by atoms with Crippen molar-refractivity contribution in [2.45, 2.75) is 12.5 Å². The van der Waals surface area contributed by atoms with E-state index in [2.05, 4.69) is 0 Å². The molecular weight excluding hydrogens is 241 g/mol. The summed E-state index contributed by atoms with van der Waals surface area (Å²) in [6.07, 6.45) is 0.0637. The van der Waals surface area contributed by atoms with Crippen LogP contribution in [-0.2, 0) is 11.2 Å². The lowest BCUT2D eigenvalue weighted by Crippen LogP contribution is -2.32. The fraction of sp³-hybridized carbons (Fsp3) is 0.222. The van der Waals surface area contributed by atoms with Crippen molar-refractivity contribution in [1.29, 1.82) is 0 Å². The molecule has 4 N–H and O–H groups in total. The second-order valence-electron chi connectivity index (χ2n) is 3.04. The van der Waals surface area contributed by atoms with Gasteiger partial charge in [0.25, 0.3) is 0 Å². The molecule has 1 unspecified atom stereocenters. The quantitative estimate of drug-likeness (QED) is 0.761. The Morgan fingerprint density at radius 1 is 1.40 bits per heavy atom. The van der Waals surface area contributed by atoms with Crippen molar-refractivity contribution in [3.05, 3.63) is 27.7 Å². The first-order chi connectivity index (χ1) is 6.91. The van der Waals surface area contributed by atoms with Crippen LogP contribution in [0, 0.1) is 0 Å². The number of phenols is 1. The lowest BCUT2D eigenvalue weighted by molar-refractivity contribution is -0.138. The van der Waals surface area contributed by atoms with E-state index in [9.17, 15) is 9.90 Å². The number of nitrogens with two attached hydrogens (primary N) is 1. The molecule has 4 nitrogen and oxygen atoms in total. The van der Waals surface area contributed by atoms with Crippen LogP contribution in [0.25, 0.3) is 0 Å². The van der Waals surface area contributed by atoms with Crippen LogP contribution >= 0.6 is 23.2 Å². The predicted molar refractivity (Wildman–Crippen MR) is 57.4 cm³/mol. The van der Waals surface area contributed by atoms with Gasteiger partial charge >= 0.3 is 5.97 Å². The number of benzene rings is 1. The standard InChI is InChI=1S/C9H9Cl2NO3/c10-5-3-8(13)6(11)1-4(5)2-7(12)9(14)15/h1,3,7,13H,2,12H2,(H,14,15). The normalized spacial score (nSPS) is 12.5. The number of halogens is 2. The van der Waals surface area contributed by atoms with Crippen LogP contribution in [0.2, 0.25) is 10.0 Å². The zero-order valence-electron chi connectivity index (χ0n) is 7.58. The molecule has 1 atom stereocenters. The van der Waals surface area contributed by atoms with Crippen LogP contribution in [0.1, 0.15) is 5.56 Å². The maximum Gasteiger partial charge on any atom is 0.320 e. The second kappa shape index (κ2) is 4.70. The van der Waals surface area contributed by atoms with E-state index in [1.165, 1.54) is 12.1 Å². The highest BCUT2D eigenvalue weighted by Gasteiger charge is 2.15. The third-order valence-corrected chi connectivity index (χ3v) is 2.53. The number of aromatic hydroxyl groups is 1. The molecule has 0 aliphatic rings. The molecule has 82 valence electrons. The van der Waals surface area contributed by atoms with E-state index in [1.54, 1.807) is 0 Å². The van der Waals surface area contributed by atoms with Gasteiger partial charge in [-0.3, -0.25) is 4.79 Å². The van der Waals surface area contributed by atoms with Gasteiger partial charge in [-0.2, -0.15) is 0 Å². The summed E-state index contributed by atoms with van der Waals surface area (Å²) in [5.74, 6) is -1.26. The highest BCUT2D eigenvalue weighted by molar-refractivity contribution is 6.34. The first kappa shape index (κ1) is 12.1. The van der Waals surface area contributed by atoms with Gasteiger partial charge < -0.3 is 15.9 Å². The maximum absolute atomic E-state index is 10.5. The third-order valence-electron chi connectivity index (χ3n) is 1.87. The van der Waals surface area contributed by atoms with Gasteiger partial charge in [0.2, 0.25) is 0 Å². The molecule has 0 saturated heterocycles. The lowest BCUT2D eigenvalue weighted by Gasteiger charge is -2.09. The van der Waals surface area contributed by atoms with Crippen molar-refractivity contribution in [2.75, 3.05) is 0 Å². The molecule has 1 aromatic rings. The fourth-order valence-corrected chi connectivity index (χ4v) is 1.48. The summed E-state index contributed by atoms with van der Waals surface area (Å²) >= 11 is 11.4. The summed E-state index contributed by atoms with van der Waals surface area (Å²) in [4.78, 5) is 10.5. The van der Waals surface area contributed by atoms with Crippen molar-refractivity contribution in [1.82, 2.24) is 0 Å². The van der Waals surface area contributed by atoms with Crippen LogP contribution in [0.4, 0.5) is 0 Å². The fourth-order valence-electron chi connectivity index (χ4n) is 1.06. The van der Waals surface area contributed by atoms with Crippen LogP contribution in [0.5, 0.6) is 5.75 Å². The molecule has 6 heteroatoms. The Labute approximate surface area is 96.2 Å². The largest absolute Gasteiger partial charge is 0.506 e. The third kappa shape index (κ3) is 2.99. The Hall–Kier alpha value is -0.970. The van der Waals surface area contributed by atoms with E-state index in [1.807, 2.05) is 0 Å². The molecule has 0 fully saturated rings. The van der Waals surface area contributed by atoms with E-state index in [0.29, 0.717) is 5.56 Å². The molecule has 0 saturated carbocycles. The van der Waals surface area contributed by atoms with Crippen molar-refractivity contribution in [3.8, 4) is 5.75 Å². The van der Waals surface area contributed by atoms with Crippen molar-refractivity contribution in [3.63, 3.8) is 0 Å². The summed E-state index contributed by atoms with van der Waals surface area (Å²) in [7, 11) is 0. The van der Waals surface area contributed by atoms with Gasteiger partial charge in [-0.15, -0.1) is 0 Å². The topological polar surface area (TPSA) is 83.5 Å². The number of phenolic OH excluding ortho intramolecular Hbond substituents is 1. The Balaban J connectivity index is 2.95. The first-order valence-corrected chi connectivity index (χ1v) is 4.82. The van der Waals surface area contributed by atoms with Gasteiger partial charge in [0, 0.05) is 11.1 Å². The number of rotatable bonds is 3. The molecule has 15 heavy (non-hydrogen) atoms. The SMILES string of the molecule is NC(Cc1cc(Cl)c(O)cc1Cl)C(=O)O. The van der Waals surface area contributed by atoms with E-state index in [4.69, 9.17) is 34.0 Å². The summed E-state index contributed by atoms with van der Waals surface area (Å²) in [6, 6.07) is 1.62. The van der Waals surface area contributed by atoms with Gasteiger partial charge in [0.1, 0.15) is 11.8 Å². The van der Waals surface area contributed by atoms with Crippen molar-refractivity contribution >= 4 is 29.2 Å². The molecule has 0 aliphatic carbocycles. The minimum Gasteiger partial charge on any atom is -0.506 e. The molecule has 0 amide bonds. The molecule has 0 heterocycles. The molecule has 0 radical (unpaired) electrons. The molecule has 0 bridgehead atoms. The summed E-state index contributed by atoms with van der Waals surface area (Å²) in [6.45, 7) is 0. The minimum absolute atomic E-state index is 0.0637. The zero-order chi connectivity index (χ0) is 11.6. The van der Waals surface area contributed by atoms with Gasteiger partial charge in [0.05, 0.1) is 5.02 Å². The van der Waals surface area contributed by atoms with Crippen molar-refractivity contribution < 1.29 is 15.0 Å². The lowest BCUT2D eigenvalue weighted by atomic mass is 10.1. The Kier molecular flexibility index (Phi) is 3.79. The van der Waals surface area contributed by atoms with Crippen LogP contribution in [-0.4, -0.2) is 22.2 Å². The predicted octanol–water partition coefficient (Wildman–Crippen LogP) is 1.65. The van der Waals surface area contributed by atoms with Crippen molar-refractivity contribution in [2.24, 2.45) is 5.73 Å². The first-order valence-electron chi connectivity index (χ1n) is 4.07. The van der Waals surface area contributed by atoms with E-state index in [-0.39, 0.29) is 22.2 Å². The highest BCUT2D eigenvalue weighted by Crippen LogP contribution is 2.30. The van der Waals surface area contributed by atoms with Gasteiger partial charge in [0.15, 0.2) is 0 Å². The smallest absolute Gasteiger partial charge is 0.320 e. The number of hydrogen-bond acceptors (Lipinski definition) is 3. The number of carboxylic acid groups (broad SMARTS) is 1. The van der Waals surface area contributed by atoms with E-state index >= 15 is 0 Å². The van der Waals surface area contributed by atoms with E-state index < -0.39 is 12.0 Å². The van der Waals surface area contributed by atoms with Gasteiger partial charge in [-0.1, -0.05) is 23.2 Å². The molecule has 0 spiro atoms. The molecule has 1 aromatic carbocycles. The molecule has 0 aromatic heterocycles. The number of carboxylic acids is 1. The number of aliphatic carboxylic acids is 1. The number of carbonyl (C=O) groups is 1. The van der Waals surface area contributed by atoms with Crippen LogP contribution in [0.3, 0.4) is 0 Å². The van der Waals surface area contributed by atoms with E-state index in [0.717, 1.165) is 0 Å². The van der Waals surface area contributed by atoms with Crippen LogP contribution < -0.4 is 5.73 Å². The second-order valence-corrected chi connectivity index (χ2v) is 3.86.